The number of nitrogens with zero attached hydrogens (tertiary/aromatic N) is 2. The van der Waals surface area contributed by atoms with Gasteiger partial charge in [0.1, 0.15) is 17.1 Å². The quantitative estimate of drug-likeness (QED) is 0.423. The zero-order chi connectivity index (χ0) is 23.0. The summed E-state index contributed by atoms with van der Waals surface area (Å²) in [6.45, 7) is 4.00. The van der Waals surface area contributed by atoms with Crippen molar-refractivity contribution in [1.82, 2.24) is 9.97 Å². The van der Waals surface area contributed by atoms with Gasteiger partial charge in [0.2, 0.25) is 0 Å². The van der Waals surface area contributed by atoms with Crippen molar-refractivity contribution < 1.29 is 13.6 Å². The highest BCUT2D eigenvalue weighted by molar-refractivity contribution is 6.42. The lowest BCUT2D eigenvalue weighted by Crippen LogP contribution is -2.39. The molecular weight excluding hydrogens is 455 g/mol. The number of ketones is 1. The number of imidazole rings is 1. The van der Waals surface area contributed by atoms with Crippen molar-refractivity contribution in [3.63, 3.8) is 0 Å². The molecule has 2 heterocycles. The summed E-state index contributed by atoms with van der Waals surface area (Å²) in [4.78, 5) is 21.8. The third-order valence-corrected chi connectivity index (χ3v) is 6.73. The lowest BCUT2D eigenvalue weighted by molar-refractivity contribution is -0.117. The minimum atomic E-state index is -2.66. The molecule has 2 aromatic carbocycles. The van der Waals surface area contributed by atoms with E-state index in [0.717, 1.165) is 12.0 Å². The van der Waals surface area contributed by atoms with Crippen molar-refractivity contribution in [2.24, 2.45) is 0 Å². The van der Waals surface area contributed by atoms with Gasteiger partial charge in [0, 0.05) is 38.3 Å². The van der Waals surface area contributed by atoms with Gasteiger partial charge in [-0.1, -0.05) is 54.4 Å². The summed E-state index contributed by atoms with van der Waals surface area (Å²) in [6.07, 6.45) is 0.752. The predicted molar refractivity (Wildman–Crippen MR) is 125 cm³/mol. The molecular formula is C24H25Cl2F2N3O. The molecule has 4 nitrogen and oxygen atoms in total. The summed E-state index contributed by atoms with van der Waals surface area (Å²) < 4.78 is 27.2. The van der Waals surface area contributed by atoms with Gasteiger partial charge < -0.3 is 9.88 Å². The number of benzene rings is 2. The maximum atomic E-state index is 13.6. The lowest BCUT2D eigenvalue weighted by atomic mass is 9.92. The number of piperidine rings is 1. The van der Waals surface area contributed by atoms with Crippen LogP contribution in [0.5, 0.6) is 0 Å². The number of nitrogens with one attached hydrogen (secondary N) is 1. The molecule has 1 aromatic heterocycles. The van der Waals surface area contributed by atoms with E-state index in [1.54, 1.807) is 17.9 Å². The van der Waals surface area contributed by atoms with E-state index >= 15 is 0 Å². The molecule has 32 heavy (non-hydrogen) atoms. The number of aromatic amines is 1. The highest BCUT2D eigenvalue weighted by atomic mass is 35.5. The molecule has 1 fully saturated rings. The maximum absolute atomic E-state index is 13.6. The Morgan fingerprint density at radius 1 is 1.22 bits per heavy atom. The number of anilines is 1. The molecule has 0 bridgehead atoms. The SMILES string of the molecule is CCc1ccc(C(CC(C)=O)c2nc3c(Cl)c(N4CCC(F)(F)CC4)c(Cl)cc3[nH]2)cc1. The molecule has 1 unspecified atom stereocenters. The van der Waals surface area contributed by atoms with Crippen LogP contribution in [0.3, 0.4) is 0 Å². The first-order valence-electron chi connectivity index (χ1n) is 10.8. The zero-order valence-electron chi connectivity index (χ0n) is 18.0. The number of rotatable bonds is 6. The number of carbonyl (C=O) groups excluding carboxylic acids is 1. The molecule has 0 amide bonds. The fourth-order valence-corrected chi connectivity index (χ4v) is 4.98. The number of aromatic nitrogens is 2. The third kappa shape index (κ3) is 4.62. The number of halogens is 4. The van der Waals surface area contributed by atoms with E-state index in [4.69, 9.17) is 28.2 Å². The van der Waals surface area contributed by atoms with E-state index in [1.165, 1.54) is 5.56 Å². The average molecular weight is 480 g/mol. The Morgan fingerprint density at radius 2 is 1.88 bits per heavy atom. The van der Waals surface area contributed by atoms with Crippen LogP contribution in [0, 0.1) is 0 Å². The number of aryl methyl sites for hydroxylation is 1. The number of H-pyrrole nitrogens is 1. The van der Waals surface area contributed by atoms with E-state index in [1.807, 2.05) is 12.1 Å². The number of fused-ring (bicyclic) bond motifs is 1. The van der Waals surface area contributed by atoms with Crippen LogP contribution in [0.2, 0.25) is 10.0 Å². The molecule has 8 heteroatoms. The fraction of sp³-hybridized carbons (Fsp3) is 0.417. The number of carbonyl (C=O) groups is 1. The molecule has 0 radical (unpaired) electrons. The van der Waals surface area contributed by atoms with Crippen LogP contribution >= 0.6 is 23.2 Å². The Labute approximate surface area is 195 Å². The summed E-state index contributed by atoms with van der Waals surface area (Å²) in [5, 5.41) is 0.724. The molecule has 1 aliphatic heterocycles. The zero-order valence-corrected chi connectivity index (χ0v) is 19.5. The minimum absolute atomic E-state index is 0.0501. The first-order valence-corrected chi connectivity index (χ1v) is 11.5. The Hall–Kier alpha value is -2.18. The van der Waals surface area contributed by atoms with Gasteiger partial charge in [0.05, 0.1) is 21.2 Å². The second-order valence-electron chi connectivity index (χ2n) is 8.44. The largest absolute Gasteiger partial charge is 0.369 e. The van der Waals surface area contributed by atoms with E-state index in [2.05, 4.69) is 24.0 Å². The summed E-state index contributed by atoms with van der Waals surface area (Å²) in [5.41, 5.74) is 3.91. The van der Waals surface area contributed by atoms with Crippen molar-refractivity contribution in [2.45, 2.75) is 51.4 Å². The van der Waals surface area contributed by atoms with Crippen LogP contribution in [-0.2, 0) is 11.2 Å². The Kier molecular flexibility index (Phi) is 6.46. The Bertz CT molecular complexity index is 1130. The normalized spacial score (nSPS) is 17.0. The Morgan fingerprint density at radius 3 is 2.47 bits per heavy atom. The van der Waals surface area contributed by atoms with E-state index in [0.29, 0.717) is 39.0 Å². The van der Waals surface area contributed by atoms with Gasteiger partial charge in [-0.3, -0.25) is 4.79 Å². The van der Waals surface area contributed by atoms with Crippen LogP contribution in [-0.4, -0.2) is 34.8 Å². The summed E-state index contributed by atoms with van der Waals surface area (Å²) >= 11 is 13.2. The highest BCUT2D eigenvalue weighted by Crippen LogP contribution is 2.42. The van der Waals surface area contributed by atoms with Gasteiger partial charge in [0.25, 0.3) is 5.92 Å². The first-order chi connectivity index (χ1) is 15.2. The topological polar surface area (TPSA) is 49.0 Å². The number of Topliss-reactive ketones (excluding diaryl/α,β-unsaturated/α-hetero) is 1. The smallest absolute Gasteiger partial charge is 0.251 e. The van der Waals surface area contributed by atoms with Crippen molar-refractivity contribution in [3.05, 3.63) is 57.3 Å². The van der Waals surface area contributed by atoms with Gasteiger partial charge in [-0.2, -0.15) is 0 Å². The fourth-order valence-electron chi connectivity index (χ4n) is 4.25. The van der Waals surface area contributed by atoms with Crippen molar-refractivity contribution >= 4 is 45.7 Å². The summed E-state index contributed by atoms with van der Waals surface area (Å²) in [5.74, 6) is -2.24. The molecule has 1 atom stereocenters. The molecule has 0 spiro atoms. The van der Waals surface area contributed by atoms with Gasteiger partial charge in [-0.25, -0.2) is 13.8 Å². The molecule has 4 rings (SSSR count). The van der Waals surface area contributed by atoms with E-state index < -0.39 is 5.92 Å². The molecule has 1 aliphatic rings. The number of hydrogen-bond acceptors (Lipinski definition) is 3. The number of hydrogen-bond donors (Lipinski definition) is 1. The second-order valence-corrected chi connectivity index (χ2v) is 9.22. The third-order valence-electron chi connectivity index (χ3n) is 6.09. The predicted octanol–water partition coefficient (Wildman–Crippen LogP) is 6.78. The number of alkyl halides is 2. The molecule has 0 saturated carbocycles. The minimum Gasteiger partial charge on any atom is -0.369 e. The molecule has 170 valence electrons. The summed E-state index contributed by atoms with van der Waals surface area (Å²) in [7, 11) is 0. The van der Waals surface area contributed by atoms with Crippen molar-refractivity contribution in [3.8, 4) is 0 Å². The maximum Gasteiger partial charge on any atom is 0.251 e. The first kappa shape index (κ1) is 23.0. The van der Waals surface area contributed by atoms with E-state index in [9.17, 15) is 13.6 Å². The molecule has 1 saturated heterocycles. The van der Waals surface area contributed by atoms with Crippen LogP contribution in [0.15, 0.2) is 30.3 Å². The van der Waals surface area contributed by atoms with Gasteiger partial charge in [-0.15, -0.1) is 0 Å². The average Bonchev–Trinajstić information content (AvgIpc) is 3.17. The van der Waals surface area contributed by atoms with Crippen molar-refractivity contribution in [1.29, 1.82) is 0 Å². The van der Waals surface area contributed by atoms with E-state index in [-0.39, 0.29) is 37.6 Å². The van der Waals surface area contributed by atoms with Gasteiger partial charge in [0.15, 0.2) is 0 Å². The van der Waals surface area contributed by atoms with Crippen LogP contribution in [0.4, 0.5) is 14.5 Å². The van der Waals surface area contributed by atoms with Crippen molar-refractivity contribution in [2.75, 3.05) is 18.0 Å². The second kappa shape index (κ2) is 8.99. The lowest BCUT2D eigenvalue weighted by Gasteiger charge is -2.34. The highest BCUT2D eigenvalue weighted by Gasteiger charge is 2.35. The molecule has 1 N–H and O–H groups in total. The van der Waals surface area contributed by atoms with Gasteiger partial charge in [-0.05, 0) is 30.5 Å². The summed E-state index contributed by atoms with van der Waals surface area (Å²) in [6, 6.07) is 9.88. The standard InChI is InChI=1S/C24H25Cl2F2N3O/c1-3-15-4-6-16(7-5-15)17(12-14(2)32)23-29-19-13-18(25)22(20(26)21(19)30-23)31-10-8-24(27,28)9-11-31/h4-7,13,17H,3,8-12H2,1-2H3,(H,29,30). The van der Waals surface area contributed by atoms with Crippen LogP contribution < -0.4 is 4.90 Å². The molecule has 3 aromatic rings. The monoisotopic (exact) mass is 479 g/mol. The molecule has 0 aliphatic carbocycles. The van der Waals surface area contributed by atoms with Crippen LogP contribution in [0.25, 0.3) is 11.0 Å². The van der Waals surface area contributed by atoms with Crippen LogP contribution in [0.1, 0.15) is 56.0 Å². The Balaban J connectivity index is 1.74. The van der Waals surface area contributed by atoms with Gasteiger partial charge >= 0.3 is 0 Å².